The highest BCUT2D eigenvalue weighted by Crippen LogP contribution is 2.17. The van der Waals surface area contributed by atoms with Crippen LogP contribution in [0.15, 0.2) is 42.9 Å². The van der Waals surface area contributed by atoms with E-state index in [9.17, 15) is 0 Å². The molecule has 0 saturated heterocycles. The summed E-state index contributed by atoms with van der Waals surface area (Å²) in [5.41, 5.74) is 1.25. The van der Waals surface area contributed by atoms with Crippen LogP contribution in [0.1, 0.15) is 25.5 Å². The maximum atomic E-state index is 5.44. The molecule has 0 fully saturated rings. The van der Waals surface area contributed by atoms with Crippen LogP contribution in [-0.4, -0.2) is 29.7 Å². The molecule has 1 aromatic carbocycles. The molecule has 0 aliphatic heterocycles. The Balaban J connectivity index is 1.72. The summed E-state index contributed by atoms with van der Waals surface area (Å²) < 4.78 is 5.44. The van der Waals surface area contributed by atoms with E-state index < -0.39 is 0 Å². The quantitative estimate of drug-likeness (QED) is 0.731. The second-order valence-corrected chi connectivity index (χ2v) is 4.70. The molecule has 0 radical (unpaired) electrons. The van der Waals surface area contributed by atoms with Crippen molar-refractivity contribution in [3.05, 3.63) is 48.4 Å². The summed E-state index contributed by atoms with van der Waals surface area (Å²) in [6.07, 6.45) is 5.06. The van der Waals surface area contributed by atoms with Gasteiger partial charge in [0.15, 0.2) is 0 Å². The van der Waals surface area contributed by atoms with Crippen LogP contribution in [-0.2, 0) is 0 Å². The van der Waals surface area contributed by atoms with Crippen LogP contribution >= 0.6 is 0 Å². The van der Waals surface area contributed by atoms with E-state index in [1.165, 1.54) is 5.56 Å². The first-order valence-corrected chi connectivity index (χ1v) is 7.25. The second-order valence-electron chi connectivity index (χ2n) is 4.70. The highest BCUT2D eigenvalue weighted by Gasteiger charge is 2.04. The van der Waals surface area contributed by atoms with Crippen molar-refractivity contribution < 1.29 is 4.74 Å². The van der Waals surface area contributed by atoms with Gasteiger partial charge in [0.25, 0.3) is 0 Å². The van der Waals surface area contributed by atoms with Crippen molar-refractivity contribution in [3.8, 4) is 5.75 Å². The number of nitrogens with zero attached hydrogens (tertiary/aromatic N) is 2. The lowest BCUT2D eigenvalue weighted by molar-refractivity contribution is 0.340. The molecule has 2 rings (SSSR count). The standard InChI is InChI=1S/C16H22N4O/c1-3-21-15-6-4-14(5-7-15)13(2)18-10-11-20-16-12-17-8-9-19-16/h4-9,12-13,18H,3,10-11H2,1-2H3,(H,19,20). The van der Waals surface area contributed by atoms with E-state index >= 15 is 0 Å². The molecule has 1 aromatic heterocycles. The first-order valence-electron chi connectivity index (χ1n) is 7.25. The van der Waals surface area contributed by atoms with E-state index in [2.05, 4.69) is 39.7 Å². The molecule has 0 spiro atoms. The summed E-state index contributed by atoms with van der Waals surface area (Å²) in [5, 5.41) is 6.69. The second kappa shape index (κ2) is 8.21. The minimum absolute atomic E-state index is 0.296. The average molecular weight is 286 g/mol. The number of hydrogen-bond acceptors (Lipinski definition) is 5. The molecule has 5 heteroatoms. The van der Waals surface area contributed by atoms with E-state index in [1.54, 1.807) is 18.6 Å². The van der Waals surface area contributed by atoms with Crippen LogP contribution in [0.5, 0.6) is 5.75 Å². The van der Waals surface area contributed by atoms with Crippen molar-refractivity contribution >= 4 is 5.82 Å². The molecule has 1 heterocycles. The Bertz CT molecular complexity index is 516. The lowest BCUT2D eigenvalue weighted by atomic mass is 10.1. The Morgan fingerprint density at radius 1 is 1.14 bits per heavy atom. The van der Waals surface area contributed by atoms with Crippen molar-refractivity contribution in [1.29, 1.82) is 0 Å². The normalized spacial score (nSPS) is 11.9. The molecule has 2 N–H and O–H groups in total. The number of hydrogen-bond donors (Lipinski definition) is 2. The van der Waals surface area contributed by atoms with E-state index in [-0.39, 0.29) is 0 Å². The number of aromatic nitrogens is 2. The van der Waals surface area contributed by atoms with Gasteiger partial charge >= 0.3 is 0 Å². The zero-order chi connectivity index (χ0) is 14.9. The zero-order valence-electron chi connectivity index (χ0n) is 12.5. The van der Waals surface area contributed by atoms with Crippen molar-refractivity contribution in [2.45, 2.75) is 19.9 Å². The minimum atomic E-state index is 0.296. The van der Waals surface area contributed by atoms with Gasteiger partial charge in [-0.1, -0.05) is 12.1 Å². The molecule has 0 amide bonds. The first-order chi connectivity index (χ1) is 10.3. The number of rotatable bonds is 8. The van der Waals surface area contributed by atoms with Crippen LogP contribution in [0, 0.1) is 0 Å². The van der Waals surface area contributed by atoms with Gasteiger partial charge in [-0.15, -0.1) is 0 Å². The van der Waals surface area contributed by atoms with Crippen molar-refractivity contribution in [3.63, 3.8) is 0 Å². The van der Waals surface area contributed by atoms with E-state index in [0.717, 1.165) is 24.7 Å². The zero-order valence-corrected chi connectivity index (χ0v) is 12.5. The topological polar surface area (TPSA) is 59.1 Å². The number of anilines is 1. The Hall–Kier alpha value is -2.14. The summed E-state index contributed by atoms with van der Waals surface area (Å²) >= 11 is 0. The summed E-state index contributed by atoms with van der Waals surface area (Å²) in [6.45, 7) is 6.49. The van der Waals surface area contributed by atoms with Crippen LogP contribution < -0.4 is 15.4 Å². The van der Waals surface area contributed by atoms with Crippen LogP contribution in [0.2, 0.25) is 0 Å². The fourth-order valence-corrected chi connectivity index (χ4v) is 2.01. The lowest BCUT2D eigenvalue weighted by Crippen LogP contribution is -2.25. The summed E-state index contributed by atoms with van der Waals surface area (Å²) in [6, 6.07) is 8.51. The molecule has 2 aromatic rings. The molecular formula is C16H22N4O. The minimum Gasteiger partial charge on any atom is -0.494 e. The van der Waals surface area contributed by atoms with Gasteiger partial charge in [-0.05, 0) is 31.5 Å². The smallest absolute Gasteiger partial charge is 0.144 e. The van der Waals surface area contributed by atoms with Gasteiger partial charge in [-0.2, -0.15) is 0 Å². The van der Waals surface area contributed by atoms with Crippen LogP contribution in [0.25, 0.3) is 0 Å². The number of nitrogens with one attached hydrogen (secondary N) is 2. The van der Waals surface area contributed by atoms with Crippen molar-refractivity contribution in [2.24, 2.45) is 0 Å². The highest BCUT2D eigenvalue weighted by atomic mass is 16.5. The Morgan fingerprint density at radius 3 is 2.62 bits per heavy atom. The maximum Gasteiger partial charge on any atom is 0.144 e. The van der Waals surface area contributed by atoms with Gasteiger partial charge in [0, 0.05) is 31.5 Å². The first kappa shape index (κ1) is 15.3. The molecule has 1 unspecified atom stereocenters. The molecule has 0 saturated carbocycles. The van der Waals surface area contributed by atoms with Crippen LogP contribution in [0.3, 0.4) is 0 Å². The van der Waals surface area contributed by atoms with Gasteiger partial charge < -0.3 is 15.4 Å². The Kier molecular flexibility index (Phi) is 5.97. The maximum absolute atomic E-state index is 5.44. The van der Waals surface area contributed by atoms with Crippen molar-refractivity contribution in [1.82, 2.24) is 15.3 Å². The fraction of sp³-hybridized carbons (Fsp3) is 0.375. The SMILES string of the molecule is CCOc1ccc(C(C)NCCNc2cnccn2)cc1. The molecule has 1 atom stereocenters. The third kappa shape index (κ3) is 5.04. The number of ether oxygens (including phenoxy) is 1. The van der Waals surface area contributed by atoms with Gasteiger partial charge in [0.1, 0.15) is 11.6 Å². The fourth-order valence-electron chi connectivity index (χ4n) is 2.01. The van der Waals surface area contributed by atoms with Gasteiger partial charge in [-0.3, -0.25) is 4.98 Å². The van der Waals surface area contributed by atoms with Crippen molar-refractivity contribution in [2.75, 3.05) is 25.0 Å². The largest absolute Gasteiger partial charge is 0.494 e. The third-order valence-electron chi connectivity index (χ3n) is 3.14. The Labute approximate surface area is 125 Å². The van der Waals surface area contributed by atoms with E-state index in [0.29, 0.717) is 12.6 Å². The van der Waals surface area contributed by atoms with Gasteiger partial charge in [0.05, 0.1) is 12.8 Å². The van der Waals surface area contributed by atoms with Crippen LogP contribution in [0.4, 0.5) is 5.82 Å². The highest BCUT2D eigenvalue weighted by molar-refractivity contribution is 5.30. The summed E-state index contributed by atoms with van der Waals surface area (Å²) in [5.74, 6) is 1.71. The molecule has 0 aliphatic carbocycles. The molecule has 112 valence electrons. The third-order valence-corrected chi connectivity index (χ3v) is 3.14. The van der Waals surface area contributed by atoms with E-state index in [4.69, 9.17) is 4.74 Å². The van der Waals surface area contributed by atoms with Gasteiger partial charge in [-0.25, -0.2) is 4.98 Å². The number of benzene rings is 1. The predicted octanol–water partition coefficient (Wildman–Crippen LogP) is 2.64. The molecular weight excluding hydrogens is 264 g/mol. The Morgan fingerprint density at radius 2 is 1.95 bits per heavy atom. The molecule has 0 bridgehead atoms. The summed E-state index contributed by atoms with van der Waals surface area (Å²) in [4.78, 5) is 8.18. The van der Waals surface area contributed by atoms with Gasteiger partial charge in [0.2, 0.25) is 0 Å². The van der Waals surface area contributed by atoms with E-state index in [1.807, 2.05) is 19.1 Å². The summed E-state index contributed by atoms with van der Waals surface area (Å²) in [7, 11) is 0. The molecule has 5 nitrogen and oxygen atoms in total. The molecule has 21 heavy (non-hydrogen) atoms. The lowest BCUT2D eigenvalue weighted by Gasteiger charge is -2.15. The average Bonchev–Trinajstić information content (AvgIpc) is 2.53. The monoisotopic (exact) mass is 286 g/mol. The molecule has 0 aliphatic rings. The predicted molar refractivity (Wildman–Crippen MR) is 84.6 cm³/mol.